The van der Waals surface area contributed by atoms with Gasteiger partial charge in [0.25, 0.3) is 0 Å². The molecule has 0 aromatic rings. The molecule has 0 aliphatic heterocycles. The SMILES string of the molecule is CCC/C=C/C[NH3+]. The first-order valence-electron chi connectivity index (χ1n) is 2.86. The average molecular weight is 100 g/mol. The second-order valence-electron chi connectivity index (χ2n) is 1.55. The van der Waals surface area contributed by atoms with Gasteiger partial charge in [-0.15, -0.1) is 0 Å². The molecule has 0 heterocycles. The van der Waals surface area contributed by atoms with Gasteiger partial charge < -0.3 is 5.73 Å². The molecule has 0 aliphatic carbocycles. The molecule has 0 fully saturated rings. The Kier molecular flexibility index (Phi) is 5.46. The summed E-state index contributed by atoms with van der Waals surface area (Å²) in [5.74, 6) is 0. The zero-order valence-corrected chi connectivity index (χ0v) is 4.98. The fourth-order valence-electron chi connectivity index (χ4n) is 0.402. The molecule has 3 N–H and O–H groups in total. The molecule has 1 nitrogen and oxygen atoms in total. The van der Waals surface area contributed by atoms with Crippen LogP contribution in [0.4, 0.5) is 0 Å². The summed E-state index contributed by atoms with van der Waals surface area (Å²) in [6.45, 7) is 3.10. The van der Waals surface area contributed by atoms with Gasteiger partial charge in [0.15, 0.2) is 0 Å². The van der Waals surface area contributed by atoms with Crippen molar-refractivity contribution in [3.63, 3.8) is 0 Å². The minimum atomic E-state index is 0.931. The van der Waals surface area contributed by atoms with Crippen molar-refractivity contribution in [2.45, 2.75) is 19.8 Å². The number of unbranched alkanes of at least 4 members (excludes halogenated alkanes) is 1. The van der Waals surface area contributed by atoms with Crippen LogP contribution in [0, 0.1) is 0 Å². The first kappa shape index (κ1) is 6.70. The lowest BCUT2D eigenvalue weighted by Gasteiger charge is -1.78. The van der Waals surface area contributed by atoms with Crippen molar-refractivity contribution in [2.75, 3.05) is 6.54 Å². The van der Waals surface area contributed by atoms with E-state index in [1.807, 2.05) is 0 Å². The fraction of sp³-hybridized carbons (Fsp3) is 0.667. The van der Waals surface area contributed by atoms with Crippen LogP contribution >= 0.6 is 0 Å². The summed E-state index contributed by atoms with van der Waals surface area (Å²) >= 11 is 0. The molecule has 0 rings (SSSR count). The van der Waals surface area contributed by atoms with E-state index in [1.165, 1.54) is 12.8 Å². The summed E-state index contributed by atoms with van der Waals surface area (Å²) in [6, 6.07) is 0. The molecule has 42 valence electrons. The molecule has 0 aromatic heterocycles. The number of rotatable bonds is 3. The van der Waals surface area contributed by atoms with Gasteiger partial charge >= 0.3 is 0 Å². The zero-order chi connectivity index (χ0) is 5.54. The van der Waals surface area contributed by atoms with E-state index in [4.69, 9.17) is 0 Å². The molecule has 0 unspecified atom stereocenters. The van der Waals surface area contributed by atoms with Crippen molar-refractivity contribution in [3.05, 3.63) is 12.2 Å². The molecule has 0 aromatic carbocycles. The monoisotopic (exact) mass is 100 g/mol. The first-order chi connectivity index (χ1) is 3.41. The third-order valence-electron chi connectivity index (χ3n) is 0.789. The Labute approximate surface area is 45.2 Å². The zero-order valence-electron chi connectivity index (χ0n) is 4.98. The second kappa shape index (κ2) is 5.70. The standard InChI is InChI=1S/C6H13N/c1-2-3-4-5-6-7/h4-5H,2-3,6-7H2,1H3/p+1/b5-4+. The molecule has 0 aliphatic rings. The predicted molar refractivity (Wildman–Crippen MR) is 31.8 cm³/mol. The smallest absolute Gasteiger partial charge is 0.0926 e. The van der Waals surface area contributed by atoms with E-state index in [1.54, 1.807) is 0 Å². The van der Waals surface area contributed by atoms with E-state index in [9.17, 15) is 0 Å². The Morgan fingerprint density at radius 1 is 1.43 bits per heavy atom. The van der Waals surface area contributed by atoms with Gasteiger partial charge in [-0.25, -0.2) is 0 Å². The Hall–Kier alpha value is -0.300. The predicted octanol–water partition coefficient (Wildman–Crippen LogP) is 0.585. The third kappa shape index (κ3) is 5.70. The van der Waals surface area contributed by atoms with Crippen LogP contribution in [0.15, 0.2) is 12.2 Å². The van der Waals surface area contributed by atoms with E-state index in [0.29, 0.717) is 0 Å². The van der Waals surface area contributed by atoms with Crippen molar-refractivity contribution >= 4 is 0 Å². The molecule has 0 amide bonds. The normalized spacial score (nSPS) is 10.6. The van der Waals surface area contributed by atoms with Gasteiger partial charge in [0.1, 0.15) is 0 Å². The lowest BCUT2D eigenvalue weighted by molar-refractivity contribution is -0.352. The van der Waals surface area contributed by atoms with Gasteiger partial charge in [-0.05, 0) is 12.5 Å². The average Bonchev–Trinajstić information content (AvgIpc) is 1.69. The van der Waals surface area contributed by atoms with Crippen LogP contribution in [-0.4, -0.2) is 6.54 Å². The summed E-state index contributed by atoms with van der Waals surface area (Å²) in [7, 11) is 0. The fourth-order valence-corrected chi connectivity index (χ4v) is 0.402. The van der Waals surface area contributed by atoms with Crippen LogP contribution in [0.1, 0.15) is 19.8 Å². The quantitative estimate of drug-likeness (QED) is 0.503. The van der Waals surface area contributed by atoms with Crippen LogP contribution in [0.5, 0.6) is 0 Å². The molecule has 0 atom stereocenters. The molecule has 0 bridgehead atoms. The molecular weight excluding hydrogens is 86.1 g/mol. The lowest BCUT2D eigenvalue weighted by atomic mass is 10.3. The van der Waals surface area contributed by atoms with Gasteiger partial charge in [0.05, 0.1) is 6.54 Å². The van der Waals surface area contributed by atoms with Gasteiger partial charge in [0, 0.05) is 0 Å². The molecule has 0 saturated carbocycles. The second-order valence-corrected chi connectivity index (χ2v) is 1.55. The summed E-state index contributed by atoms with van der Waals surface area (Å²) in [6.07, 6.45) is 6.72. The summed E-state index contributed by atoms with van der Waals surface area (Å²) in [5.41, 5.74) is 3.67. The number of hydrogen-bond acceptors (Lipinski definition) is 0. The molecular formula is C6H14N+. The highest BCUT2D eigenvalue weighted by Crippen LogP contribution is 1.85. The highest BCUT2D eigenvalue weighted by molar-refractivity contribution is 4.78. The van der Waals surface area contributed by atoms with Crippen LogP contribution in [0.3, 0.4) is 0 Å². The Morgan fingerprint density at radius 3 is 2.57 bits per heavy atom. The van der Waals surface area contributed by atoms with E-state index in [0.717, 1.165) is 6.54 Å². The van der Waals surface area contributed by atoms with Crippen molar-refractivity contribution in [2.24, 2.45) is 0 Å². The van der Waals surface area contributed by atoms with E-state index < -0.39 is 0 Å². The third-order valence-corrected chi connectivity index (χ3v) is 0.789. The van der Waals surface area contributed by atoms with Gasteiger partial charge in [-0.2, -0.15) is 0 Å². The summed E-state index contributed by atoms with van der Waals surface area (Å²) in [5, 5.41) is 0. The maximum absolute atomic E-state index is 3.67. The van der Waals surface area contributed by atoms with Crippen LogP contribution in [-0.2, 0) is 0 Å². The van der Waals surface area contributed by atoms with Crippen molar-refractivity contribution in [3.8, 4) is 0 Å². The Morgan fingerprint density at radius 2 is 2.14 bits per heavy atom. The van der Waals surface area contributed by atoms with Gasteiger partial charge in [-0.1, -0.05) is 19.4 Å². The van der Waals surface area contributed by atoms with E-state index in [-0.39, 0.29) is 0 Å². The van der Waals surface area contributed by atoms with Crippen molar-refractivity contribution in [1.29, 1.82) is 0 Å². The van der Waals surface area contributed by atoms with E-state index >= 15 is 0 Å². The highest BCUT2D eigenvalue weighted by Gasteiger charge is 1.69. The van der Waals surface area contributed by atoms with E-state index in [2.05, 4.69) is 24.8 Å². The molecule has 0 saturated heterocycles. The summed E-state index contributed by atoms with van der Waals surface area (Å²) < 4.78 is 0. The molecule has 0 spiro atoms. The lowest BCUT2D eigenvalue weighted by Crippen LogP contribution is -2.49. The largest absolute Gasteiger partial charge is 0.354 e. The minimum Gasteiger partial charge on any atom is -0.354 e. The number of quaternary nitrogens is 1. The molecule has 1 heteroatoms. The Balaban J connectivity index is 2.78. The van der Waals surface area contributed by atoms with Crippen LogP contribution < -0.4 is 5.73 Å². The van der Waals surface area contributed by atoms with Crippen LogP contribution in [0.25, 0.3) is 0 Å². The first-order valence-corrected chi connectivity index (χ1v) is 2.86. The van der Waals surface area contributed by atoms with Gasteiger partial charge in [-0.3, -0.25) is 0 Å². The molecule has 7 heavy (non-hydrogen) atoms. The number of hydrogen-bond donors (Lipinski definition) is 1. The minimum absolute atomic E-state index is 0.931. The molecule has 0 radical (unpaired) electrons. The van der Waals surface area contributed by atoms with Crippen LogP contribution in [0.2, 0.25) is 0 Å². The topological polar surface area (TPSA) is 27.6 Å². The van der Waals surface area contributed by atoms with Crippen molar-refractivity contribution in [1.82, 2.24) is 0 Å². The number of allylic oxidation sites excluding steroid dienone is 1. The highest BCUT2D eigenvalue weighted by atomic mass is 14.5. The summed E-state index contributed by atoms with van der Waals surface area (Å²) in [4.78, 5) is 0. The Bertz CT molecular complexity index is 48.1. The van der Waals surface area contributed by atoms with Crippen molar-refractivity contribution < 1.29 is 5.73 Å². The maximum atomic E-state index is 3.67. The maximum Gasteiger partial charge on any atom is 0.0926 e. The van der Waals surface area contributed by atoms with Gasteiger partial charge in [0.2, 0.25) is 0 Å².